The maximum Gasteiger partial charge on any atom is 0.253 e. The van der Waals surface area contributed by atoms with Gasteiger partial charge in [-0.25, -0.2) is 0 Å². The molecular formula is C16H19NO3. The summed E-state index contributed by atoms with van der Waals surface area (Å²) in [7, 11) is 0. The van der Waals surface area contributed by atoms with E-state index in [4.69, 9.17) is 4.74 Å². The van der Waals surface area contributed by atoms with Gasteiger partial charge in [-0.15, -0.1) is 0 Å². The van der Waals surface area contributed by atoms with Crippen LogP contribution in [0.3, 0.4) is 0 Å². The molecule has 0 fully saturated rings. The van der Waals surface area contributed by atoms with Crippen molar-refractivity contribution >= 4 is 5.91 Å². The van der Waals surface area contributed by atoms with Crippen LogP contribution in [0.1, 0.15) is 30.0 Å². The Balaban J connectivity index is 1.87. The summed E-state index contributed by atoms with van der Waals surface area (Å²) in [5.74, 6) is -0.00162. The van der Waals surface area contributed by atoms with E-state index in [-0.39, 0.29) is 18.6 Å². The predicted molar refractivity (Wildman–Crippen MR) is 75.0 cm³/mol. The number of hydrogen-bond acceptors (Lipinski definition) is 3. The van der Waals surface area contributed by atoms with Crippen molar-refractivity contribution in [1.29, 1.82) is 0 Å². The number of benzene rings is 1. The van der Waals surface area contributed by atoms with Crippen molar-refractivity contribution in [3.8, 4) is 0 Å². The SMILES string of the molecule is O=C(C1=COCCC1)N1CCc2ccccc2C1CO. The number of aliphatic hydroxyl groups excluding tert-OH is 1. The number of aliphatic hydroxyl groups is 1. The molecule has 106 valence electrons. The van der Waals surface area contributed by atoms with E-state index in [2.05, 4.69) is 6.07 Å². The van der Waals surface area contributed by atoms with Gasteiger partial charge in [-0.3, -0.25) is 4.79 Å². The van der Waals surface area contributed by atoms with Gasteiger partial charge in [0, 0.05) is 6.54 Å². The van der Waals surface area contributed by atoms with Gasteiger partial charge in [0.05, 0.1) is 31.1 Å². The van der Waals surface area contributed by atoms with Crippen LogP contribution in [0.2, 0.25) is 0 Å². The summed E-state index contributed by atoms with van der Waals surface area (Å²) >= 11 is 0. The zero-order chi connectivity index (χ0) is 13.9. The summed E-state index contributed by atoms with van der Waals surface area (Å²) < 4.78 is 5.26. The van der Waals surface area contributed by atoms with Crippen LogP contribution in [0.15, 0.2) is 36.1 Å². The van der Waals surface area contributed by atoms with Crippen LogP contribution in [0.25, 0.3) is 0 Å². The normalized spacial score (nSPS) is 21.8. The molecule has 2 aliphatic rings. The highest BCUT2D eigenvalue weighted by atomic mass is 16.5. The van der Waals surface area contributed by atoms with Crippen molar-refractivity contribution in [2.75, 3.05) is 19.8 Å². The zero-order valence-corrected chi connectivity index (χ0v) is 11.4. The molecule has 0 saturated carbocycles. The first-order chi connectivity index (χ1) is 9.81. The van der Waals surface area contributed by atoms with E-state index in [0.717, 1.165) is 24.8 Å². The molecule has 1 aromatic carbocycles. The van der Waals surface area contributed by atoms with Gasteiger partial charge < -0.3 is 14.7 Å². The van der Waals surface area contributed by atoms with Crippen LogP contribution in [0, 0.1) is 0 Å². The van der Waals surface area contributed by atoms with Crippen LogP contribution in [0.5, 0.6) is 0 Å². The van der Waals surface area contributed by atoms with Gasteiger partial charge in [-0.05, 0) is 30.4 Å². The van der Waals surface area contributed by atoms with Crippen molar-refractivity contribution < 1.29 is 14.6 Å². The van der Waals surface area contributed by atoms with Crippen molar-refractivity contribution in [1.82, 2.24) is 4.90 Å². The summed E-state index contributed by atoms with van der Waals surface area (Å²) in [6, 6.07) is 7.79. The van der Waals surface area contributed by atoms with Crippen molar-refractivity contribution in [2.45, 2.75) is 25.3 Å². The van der Waals surface area contributed by atoms with Crippen LogP contribution in [0.4, 0.5) is 0 Å². The molecule has 3 rings (SSSR count). The van der Waals surface area contributed by atoms with E-state index >= 15 is 0 Å². The van der Waals surface area contributed by atoms with Gasteiger partial charge in [0.25, 0.3) is 5.91 Å². The monoisotopic (exact) mass is 273 g/mol. The third-order valence-electron chi connectivity index (χ3n) is 4.05. The Hall–Kier alpha value is -1.81. The molecule has 4 heteroatoms. The molecule has 1 amide bonds. The fourth-order valence-electron chi connectivity index (χ4n) is 3.00. The van der Waals surface area contributed by atoms with Crippen LogP contribution in [-0.2, 0) is 16.0 Å². The standard InChI is InChI=1S/C16H19NO3/c18-10-15-14-6-2-1-4-12(14)7-8-17(15)16(19)13-5-3-9-20-11-13/h1-2,4,6,11,15,18H,3,5,7-10H2. The average molecular weight is 273 g/mol. The molecule has 1 atom stereocenters. The van der Waals surface area contributed by atoms with Gasteiger partial charge >= 0.3 is 0 Å². The number of rotatable bonds is 2. The molecule has 1 aromatic rings. The highest BCUT2D eigenvalue weighted by molar-refractivity contribution is 5.93. The molecule has 2 aliphatic heterocycles. The largest absolute Gasteiger partial charge is 0.501 e. The Morgan fingerprint density at radius 2 is 2.20 bits per heavy atom. The quantitative estimate of drug-likeness (QED) is 0.894. The number of carbonyl (C=O) groups is 1. The number of carbonyl (C=O) groups excluding carboxylic acids is 1. The molecule has 0 spiro atoms. The summed E-state index contributed by atoms with van der Waals surface area (Å²) in [4.78, 5) is 14.4. The minimum Gasteiger partial charge on any atom is -0.501 e. The lowest BCUT2D eigenvalue weighted by Crippen LogP contribution is -2.42. The third-order valence-corrected chi connectivity index (χ3v) is 4.05. The summed E-state index contributed by atoms with van der Waals surface area (Å²) in [6.45, 7) is 1.29. The first-order valence-electron chi connectivity index (χ1n) is 7.11. The van der Waals surface area contributed by atoms with E-state index in [0.29, 0.717) is 18.7 Å². The molecule has 4 nitrogen and oxygen atoms in total. The second-order valence-corrected chi connectivity index (χ2v) is 5.26. The summed E-state index contributed by atoms with van der Waals surface area (Å²) in [5.41, 5.74) is 3.01. The maximum atomic E-state index is 12.6. The number of fused-ring (bicyclic) bond motifs is 1. The average Bonchev–Trinajstić information content (AvgIpc) is 2.54. The van der Waals surface area contributed by atoms with Gasteiger partial charge in [0.2, 0.25) is 0 Å². The number of ether oxygens (including phenoxy) is 1. The lowest BCUT2D eigenvalue weighted by molar-refractivity contribution is -0.131. The van der Waals surface area contributed by atoms with E-state index in [1.807, 2.05) is 18.2 Å². The van der Waals surface area contributed by atoms with Crippen LogP contribution >= 0.6 is 0 Å². The number of amides is 1. The molecule has 2 heterocycles. The molecule has 0 aromatic heterocycles. The topological polar surface area (TPSA) is 49.8 Å². The van der Waals surface area contributed by atoms with Gasteiger partial charge in [-0.2, -0.15) is 0 Å². The first kappa shape index (κ1) is 13.2. The Kier molecular flexibility index (Phi) is 3.74. The highest BCUT2D eigenvalue weighted by Crippen LogP contribution is 2.31. The molecule has 20 heavy (non-hydrogen) atoms. The number of nitrogens with zero attached hydrogens (tertiary/aromatic N) is 1. The van der Waals surface area contributed by atoms with Gasteiger partial charge in [0.1, 0.15) is 0 Å². The van der Waals surface area contributed by atoms with Crippen LogP contribution < -0.4 is 0 Å². The maximum absolute atomic E-state index is 12.6. The van der Waals surface area contributed by atoms with Crippen molar-refractivity contribution in [3.05, 3.63) is 47.2 Å². The van der Waals surface area contributed by atoms with E-state index in [1.165, 1.54) is 5.56 Å². The first-order valence-corrected chi connectivity index (χ1v) is 7.11. The van der Waals surface area contributed by atoms with Crippen molar-refractivity contribution in [3.63, 3.8) is 0 Å². The van der Waals surface area contributed by atoms with Crippen LogP contribution in [-0.4, -0.2) is 35.7 Å². The fourth-order valence-corrected chi connectivity index (χ4v) is 3.00. The molecular weight excluding hydrogens is 254 g/mol. The molecule has 0 saturated heterocycles. The van der Waals surface area contributed by atoms with E-state index in [9.17, 15) is 9.90 Å². The van der Waals surface area contributed by atoms with Gasteiger partial charge in [-0.1, -0.05) is 24.3 Å². The summed E-state index contributed by atoms with van der Waals surface area (Å²) in [6.07, 6.45) is 4.06. The van der Waals surface area contributed by atoms with Crippen molar-refractivity contribution in [2.24, 2.45) is 0 Å². The molecule has 0 aliphatic carbocycles. The van der Waals surface area contributed by atoms with E-state index < -0.39 is 0 Å². The zero-order valence-electron chi connectivity index (χ0n) is 11.4. The molecule has 0 bridgehead atoms. The fraction of sp³-hybridized carbons (Fsp3) is 0.438. The Morgan fingerprint density at radius 1 is 1.35 bits per heavy atom. The second-order valence-electron chi connectivity index (χ2n) is 5.26. The Bertz CT molecular complexity index is 538. The lowest BCUT2D eigenvalue weighted by Gasteiger charge is -2.37. The third kappa shape index (κ3) is 2.31. The minimum atomic E-state index is -0.240. The molecule has 1 unspecified atom stereocenters. The summed E-state index contributed by atoms with van der Waals surface area (Å²) in [5, 5.41) is 9.71. The van der Waals surface area contributed by atoms with Gasteiger partial charge in [0.15, 0.2) is 0 Å². The minimum absolute atomic E-state index is 0.00162. The second kappa shape index (κ2) is 5.67. The number of hydrogen-bond donors (Lipinski definition) is 1. The molecule has 0 radical (unpaired) electrons. The lowest BCUT2D eigenvalue weighted by atomic mass is 9.92. The van der Waals surface area contributed by atoms with E-state index in [1.54, 1.807) is 11.2 Å². The predicted octanol–water partition coefficient (Wildman–Crippen LogP) is 1.80. The Morgan fingerprint density at radius 3 is 2.95 bits per heavy atom. The Labute approximate surface area is 118 Å². The smallest absolute Gasteiger partial charge is 0.253 e. The highest BCUT2D eigenvalue weighted by Gasteiger charge is 2.31. The molecule has 1 N–H and O–H groups in total.